The van der Waals surface area contributed by atoms with Gasteiger partial charge in [0.1, 0.15) is 0 Å². The summed E-state index contributed by atoms with van der Waals surface area (Å²) in [4.78, 5) is 10.0. The summed E-state index contributed by atoms with van der Waals surface area (Å²) in [7, 11) is 1.61. The molecule has 0 saturated carbocycles. The molecule has 2 N–H and O–H groups in total. The van der Waals surface area contributed by atoms with E-state index in [0.717, 1.165) is 0 Å². The summed E-state index contributed by atoms with van der Waals surface area (Å²) in [5.41, 5.74) is 0. The summed E-state index contributed by atoms with van der Waals surface area (Å²) in [5, 5.41) is 10.8. The van der Waals surface area contributed by atoms with Gasteiger partial charge in [-0.05, 0) is 0 Å². The first-order chi connectivity index (χ1) is 6.77. The molecule has 0 bridgehead atoms. The molecular weight excluding hydrogens is 190 g/mol. The number of nitrogens with one attached hydrogen (secondary N) is 1. The molecule has 14 heavy (non-hydrogen) atoms. The molecule has 0 atom stereocenters. The zero-order chi connectivity index (χ0) is 10.6. The highest BCUT2D eigenvalue weighted by Crippen LogP contribution is 1.78. The molecule has 0 aromatic rings. The zero-order valence-corrected chi connectivity index (χ0v) is 8.32. The molecule has 6 heteroatoms. The van der Waals surface area contributed by atoms with Crippen LogP contribution >= 0.6 is 0 Å². The van der Waals surface area contributed by atoms with Crippen LogP contribution in [0.3, 0.4) is 0 Å². The number of carbonyl (C=O) groups is 1. The summed E-state index contributed by atoms with van der Waals surface area (Å²) in [5.74, 6) is -0.898. The summed E-state index contributed by atoms with van der Waals surface area (Å²) in [6, 6.07) is 0. The van der Waals surface area contributed by atoms with Gasteiger partial charge in [-0.3, -0.25) is 10.1 Å². The lowest BCUT2D eigenvalue weighted by atomic mass is 10.7. The van der Waals surface area contributed by atoms with E-state index in [1.807, 2.05) is 0 Å². The van der Waals surface area contributed by atoms with Crippen LogP contribution in [0.2, 0.25) is 0 Å². The van der Waals surface area contributed by atoms with E-state index < -0.39 is 5.97 Å². The monoisotopic (exact) mass is 207 g/mol. The lowest BCUT2D eigenvalue weighted by Gasteiger charge is -2.05. The normalized spacial score (nSPS) is 10.4. The topological polar surface area (TPSA) is 77.0 Å². The highest BCUT2D eigenvalue weighted by molar-refractivity contribution is 5.68. The molecule has 84 valence electrons. The van der Waals surface area contributed by atoms with E-state index in [1.54, 1.807) is 7.11 Å². The molecule has 0 heterocycles. The second-order valence-electron chi connectivity index (χ2n) is 2.48. The Kier molecular flexibility index (Phi) is 9.88. The molecule has 0 rings (SSSR count). The van der Waals surface area contributed by atoms with Crippen LogP contribution < -0.4 is 5.32 Å². The lowest BCUT2D eigenvalue weighted by Crippen LogP contribution is -2.25. The summed E-state index contributed by atoms with van der Waals surface area (Å²) in [6.07, 6.45) is 0. The van der Waals surface area contributed by atoms with Gasteiger partial charge in [0.15, 0.2) is 0 Å². The number of ether oxygens (including phenoxy) is 3. The zero-order valence-electron chi connectivity index (χ0n) is 8.32. The summed E-state index contributed by atoms with van der Waals surface area (Å²) in [6.45, 7) is 2.17. The summed E-state index contributed by atoms with van der Waals surface area (Å²) < 4.78 is 14.9. The molecule has 0 aliphatic rings. The molecule has 0 radical (unpaired) electrons. The van der Waals surface area contributed by atoms with E-state index in [9.17, 15) is 4.79 Å². The van der Waals surface area contributed by atoms with Crippen molar-refractivity contribution < 1.29 is 24.1 Å². The fourth-order valence-corrected chi connectivity index (χ4v) is 0.664. The molecule has 0 saturated heterocycles. The smallest absolute Gasteiger partial charge is 0.317 e. The third kappa shape index (κ3) is 11.3. The largest absolute Gasteiger partial charge is 0.480 e. The van der Waals surface area contributed by atoms with Gasteiger partial charge < -0.3 is 19.3 Å². The fraction of sp³-hybridized carbons (Fsp3) is 0.875. The molecule has 6 nitrogen and oxygen atoms in total. The van der Waals surface area contributed by atoms with E-state index in [-0.39, 0.29) is 13.3 Å². The fourth-order valence-electron chi connectivity index (χ4n) is 0.664. The minimum atomic E-state index is -0.898. The average Bonchev–Trinajstić information content (AvgIpc) is 2.15. The van der Waals surface area contributed by atoms with Crippen molar-refractivity contribution in [3.05, 3.63) is 0 Å². The van der Waals surface area contributed by atoms with Crippen molar-refractivity contribution in [3.8, 4) is 0 Å². The Bertz CT molecular complexity index is 142. The van der Waals surface area contributed by atoms with Crippen LogP contribution in [0.5, 0.6) is 0 Å². The van der Waals surface area contributed by atoms with Gasteiger partial charge in [-0.1, -0.05) is 0 Å². The first kappa shape index (κ1) is 13.3. The van der Waals surface area contributed by atoms with Gasteiger partial charge in [-0.2, -0.15) is 0 Å². The number of methoxy groups -OCH3 is 1. The van der Waals surface area contributed by atoms with E-state index >= 15 is 0 Å². The van der Waals surface area contributed by atoms with Gasteiger partial charge >= 0.3 is 5.97 Å². The van der Waals surface area contributed by atoms with E-state index in [0.29, 0.717) is 26.4 Å². The van der Waals surface area contributed by atoms with Crippen molar-refractivity contribution in [2.24, 2.45) is 0 Å². The second-order valence-corrected chi connectivity index (χ2v) is 2.48. The SMILES string of the molecule is COCCOCCOCNCC(=O)O. The van der Waals surface area contributed by atoms with Crippen LogP contribution in [0.15, 0.2) is 0 Å². The highest BCUT2D eigenvalue weighted by atomic mass is 16.5. The second kappa shape index (κ2) is 10.4. The molecule has 0 spiro atoms. The maximum Gasteiger partial charge on any atom is 0.317 e. The number of carboxylic acids is 1. The summed E-state index contributed by atoms with van der Waals surface area (Å²) >= 11 is 0. The van der Waals surface area contributed by atoms with Crippen molar-refractivity contribution in [2.75, 3.05) is 46.8 Å². The van der Waals surface area contributed by atoms with Gasteiger partial charge in [-0.15, -0.1) is 0 Å². The van der Waals surface area contributed by atoms with Gasteiger partial charge in [0.2, 0.25) is 0 Å². The number of aliphatic carboxylic acids is 1. The molecule has 0 aliphatic carbocycles. The van der Waals surface area contributed by atoms with Crippen LogP contribution in [0.25, 0.3) is 0 Å². The van der Waals surface area contributed by atoms with Crippen molar-refractivity contribution in [1.82, 2.24) is 5.32 Å². The molecule has 0 aromatic carbocycles. The Morgan fingerprint density at radius 1 is 1.21 bits per heavy atom. The maximum atomic E-state index is 10.0. The Hall–Kier alpha value is -0.690. The Balaban J connectivity index is 2.88. The van der Waals surface area contributed by atoms with Crippen LogP contribution in [0.1, 0.15) is 0 Å². The lowest BCUT2D eigenvalue weighted by molar-refractivity contribution is -0.136. The van der Waals surface area contributed by atoms with E-state index in [2.05, 4.69) is 5.32 Å². The molecule has 0 aromatic heterocycles. The highest BCUT2D eigenvalue weighted by Gasteiger charge is 1.94. The number of rotatable bonds is 10. The van der Waals surface area contributed by atoms with Crippen molar-refractivity contribution >= 4 is 5.97 Å². The number of hydrogen-bond acceptors (Lipinski definition) is 5. The Morgan fingerprint density at radius 2 is 1.86 bits per heavy atom. The average molecular weight is 207 g/mol. The first-order valence-electron chi connectivity index (χ1n) is 4.34. The number of carboxylic acid groups (broad SMARTS) is 1. The molecule has 0 unspecified atom stereocenters. The predicted octanol–water partition coefficient (Wildman–Crippen LogP) is -0.702. The van der Waals surface area contributed by atoms with Crippen LogP contribution in [0.4, 0.5) is 0 Å². The minimum Gasteiger partial charge on any atom is -0.480 e. The standard InChI is InChI=1S/C8H17NO5/c1-12-2-3-13-4-5-14-7-9-6-8(10)11/h9H,2-7H2,1H3,(H,10,11). The Morgan fingerprint density at radius 3 is 2.50 bits per heavy atom. The molecule has 0 amide bonds. The van der Waals surface area contributed by atoms with Crippen LogP contribution in [0, 0.1) is 0 Å². The Labute approximate surface area is 83.1 Å². The van der Waals surface area contributed by atoms with E-state index in [1.165, 1.54) is 0 Å². The third-order valence-corrected chi connectivity index (χ3v) is 1.28. The van der Waals surface area contributed by atoms with Crippen molar-refractivity contribution in [3.63, 3.8) is 0 Å². The predicted molar refractivity (Wildman–Crippen MR) is 49.2 cm³/mol. The van der Waals surface area contributed by atoms with Crippen molar-refractivity contribution in [2.45, 2.75) is 0 Å². The quantitative estimate of drug-likeness (QED) is 0.364. The van der Waals surface area contributed by atoms with E-state index in [4.69, 9.17) is 19.3 Å². The van der Waals surface area contributed by atoms with Gasteiger partial charge in [0.25, 0.3) is 0 Å². The van der Waals surface area contributed by atoms with Crippen LogP contribution in [-0.2, 0) is 19.0 Å². The maximum absolute atomic E-state index is 10.0. The van der Waals surface area contributed by atoms with Crippen LogP contribution in [-0.4, -0.2) is 57.9 Å². The molecule has 0 aliphatic heterocycles. The molecular formula is C8H17NO5. The van der Waals surface area contributed by atoms with Gasteiger partial charge in [-0.25, -0.2) is 0 Å². The minimum absolute atomic E-state index is 0.0927. The first-order valence-corrected chi connectivity index (χ1v) is 4.34. The molecule has 0 fully saturated rings. The third-order valence-electron chi connectivity index (χ3n) is 1.28. The van der Waals surface area contributed by atoms with Gasteiger partial charge in [0.05, 0.1) is 39.7 Å². The number of hydrogen-bond donors (Lipinski definition) is 2. The van der Waals surface area contributed by atoms with Gasteiger partial charge in [0, 0.05) is 7.11 Å². The van der Waals surface area contributed by atoms with Crippen molar-refractivity contribution in [1.29, 1.82) is 0 Å².